The summed E-state index contributed by atoms with van der Waals surface area (Å²) in [6.07, 6.45) is 1.58. The Morgan fingerprint density at radius 2 is 2.08 bits per heavy atom. The lowest BCUT2D eigenvalue weighted by Gasteiger charge is -2.26. The molecule has 0 atom stereocenters. The number of hydrogen-bond acceptors (Lipinski definition) is 8. The highest BCUT2D eigenvalue weighted by Crippen LogP contribution is 2.39. The van der Waals surface area contributed by atoms with Gasteiger partial charge in [-0.1, -0.05) is 0 Å². The van der Waals surface area contributed by atoms with Crippen LogP contribution < -0.4 is 16.4 Å². The van der Waals surface area contributed by atoms with Crippen LogP contribution in [0.4, 0.5) is 11.6 Å². The third kappa shape index (κ3) is 2.49. The van der Waals surface area contributed by atoms with Gasteiger partial charge in [0, 0.05) is 24.6 Å². The Hall–Kier alpha value is -2.26. The largest absolute Gasteiger partial charge is 0.463 e. The van der Waals surface area contributed by atoms with Crippen LogP contribution in [0, 0.1) is 0 Å². The molecule has 1 aliphatic heterocycles. The first-order chi connectivity index (χ1) is 11.6. The molecule has 0 radical (unpaired) electrons. The second kappa shape index (κ2) is 5.99. The van der Waals surface area contributed by atoms with Gasteiger partial charge in [-0.2, -0.15) is 11.8 Å². The SMILES string of the molecule is NC(=O)c1sc2nc(N3CCSCC3)nc(-c3ccco3)c2c1N. The topological polar surface area (TPSA) is 111 Å². The summed E-state index contributed by atoms with van der Waals surface area (Å²) in [6, 6.07) is 3.61. The quantitative estimate of drug-likeness (QED) is 0.735. The van der Waals surface area contributed by atoms with Crippen molar-refractivity contribution in [2.45, 2.75) is 0 Å². The van der Waals surface area contributed by atoms with Crippen LogP contribution in [0.3, 0.4) is 0 Å². The number of furan rings is 1. The van der Waals surface area contributed by atoms with E-state index in [1.165, 1.54) is 11.3 Å². The molecule has 0 aromatic carbocycles. The summed E-state index contributed by atoms with van der Waals surface area (Å²) >= 11 is 3.11. The number of carbonyl (C=O) groups excluding carboxylic acids is 1. The van der Waals surface area contributed by atoms with E-state index in [4.69, 9.17) is 15.9 Å². The fourth-order valence-electron chi connectivity index (χ4n) is 2.69. The van der Waals surface area contributed by atoms with Gasteiger partial charge in [0.2, 0.25) is 5.95 Å². The molecule has 24 heavy (non-hydrogen) atoms. The number of hydrogen-bond donors (Lipinski definition) is 2. The van der Waals surface area contributed by atoms with E-state index in [9.17, 15) is 4.79 Å². The molecule has 4 rings (SSSR count). The van der Waals surface area contributed by atoms with Crippen LogP contribution >= 0.6 is 23.1 Å². The number of nitrogen functional groups attached to an aromatic ring is 1. The van der Waals surface area contributed by atoms with Gasteiger partial charge in [-0.3, -0.25) is 4.79 Å². The van der Waals surface area contributed by atoms with Gasteiger partial charge >= 0.3 is 0 Å². The highest BCUT2D eigenvalue weighted by molar-refractivity contribution is 7.99. The fourth-order valence-corrected chi connectivity index (χ4v) is 4.54. The Balaban J connectivity index is 1.95. The van der Waals surface area contributed by atoms with Crippen molar-refractivity contribution in [1.29, 1.82) is 0 Å². The summed E-state index contributed by atoms with van der Waals surface area (Å²) in [7, 11) is 0. The lowest BCUT2D eigenvalue weighted by molar-refractivity contribution is 0.100. The first kappa shape index (κ1) is 15.3. The first-order valence-corrected chi connectivity index (χ1v) is 9.38. The summed E-state index contributed by atoms with van der Waals surface area (Å²) in [4.78, 5) is 24.1. The molecule has 0 spiro atoms. The number of thioether (sulfide) groups is 1. The number of aromatic nitrogens is 2. The Kier molecular flexibility index (Phi) is 3.81. The van der Waals surface area contributed by atoms with Gasteiger partial charge in [0.1, 0.15) is 15.4 Å². The van der Waals surface area contributed by atoms with E-state index in [2.05, 4.69) is 14.9 Å². The molecule has 7 nitrogen and oxygen atoms in total. The average Bonchev–Trinajstić information content (AvgIpc) is 3.23. The van der Waals surface area contributed by atoms with Crippen LogP contribution in [-0.4, -0.2) is 40.5 Å². The normalized spacial score (nSPS) is 15.1. The molecule has 1 fully saturated rings. The molecule has 9 heteroatoms. The highest BCUT2D eigenvalue weighted by Gasteiger charge is 2.24. The second-order valence-electron chi connectivity index (χ2n) is 5.34. The van der Waals surface area contributed by atoms with Crippen molar-refractivity contribution in [1.82, 2.24) is 9.97 Å². The van der Waals surface area contributed by atoms with Gasteiger partial charge < -0.3 is 20.8 Å². The maximum Gasteiger partial charge on any atom is 0.260 e. The highest BCUT2D eigenvalue weighted by atomic mass is 32.2. The zero-order chi connectivity index (χ0) is 16.7. The van der Waals surface area contributed by atoms with E-state index in [-0.39, 0.29) is 0 Å². The molecule has 3 aromatic heterocycles. The Morgan fingerprint density at radius 3 is 2.75 bits per heavy atom. The Labute approximate surface area is 146 Å². The monoisotopic (exact) mass is 361 g/mol. The van der Waals surface area contributed by atoms with Crippen LogP contribution in [0.25, 0.3) is 21.7 Å². The summed E-state index contributed by atoms with van der Waals surface area (Å²) in [5, 5.41) is 0.624. The van der Waals surface area contributed by atoms with Crippen molar-refractivity contribution in [2.24, 2.45) is 5.73 Å². The third-order valence-electron chi connectivity index (χ3n) is 3.85. The number of thiophene rings is 1. The fraction of sp³-hybridized carbons (Fsp3) is 0.267. The lowest BCUT2D eigenvalue weighted by atomic mass is 10.2. The lowest BCUT2D eigenvalue weighted by Crippen LogP contribution is -2.33. The third-order valence-corrected chi connectivity index (χ3v) is 5.91. The van der Waals surface area contributed by atoms with Crippen LogP contribution in [0.5, 0.6) is 0 Å². The minimum Gasteiger partial charge on any atom is -0.463 e. The number of nitrogens with zero attached hydrogens (tertiary/aromatic N) is 3. The smallest absolute Gasteiger partial charge is 0.260 e. The summed E-state index contributed by atoms with van der Waals surface area (Å²) in [5.41, 5.74) is 12.5. The number of rotatable bonds is 3. The van der Waals surface area contributed by atoms with Crippen molar-refractivity contribution < 1.29 is 9.21 Å². The molecule has 1 amide bonds. The van der Waals surface area contributed by atoms with Crippen molar-refractivity contribution in [2.75, 3.05) is 35.2 Å². The molecular weight excluding hydrogens is 346 g/mol. The van der Waals surface area contributed by atoms with Gasteiger partial charge in [-0.05, 0) is 12.1 Å². The van der Waals surface area contributed by atoms with E-state index < -0.39 is 5.91 Å². The molecule has 1 saturated heterocycles. The van der Waals surface area contributed by atoms with E-state index >= 15 is 0 Å². The maximum atomic E-state index is 11.6. The zero-order valence-corrected chi connectivity index (χ0v) is 14.3. The number of nitrogens with two attached hydrogens (primary N) is 2. The molecule has 0 saturated carbocycles. The van der Waals surface area contributed by atoms with Crippen LogP contribution in [0.15, 0.2) is 22.8 Å². The number of amides is 1. The number of primary amides is 1. The predicted octanol–water partition coefficient (Wildman–Crippen LogP) is 2.19. The van der Waals surface area contributed by atoms with E-state index in [0.717, 1.165) is 24.6 Å². The van der Waals surface area contributed by atoms with Crippen molar-refractivity contribution in [3.63, 3.8) is 0 Å². The minimum atomic E-state index is -0.559. The predicted molar refractivity (Wildman–Crippen MR) is 97.6 cm³/mol. The summed E-state index contributed by atoms with van der Waals surface area (Å²) in [5.74, 6) is 2.74. The zero-order valence-electron chi connectivity index (χ0n) is 12.7. The minimum absolute atomic E-state index is 0.304. The van der Waals surface area contributed by atoms with Crippen molar-refractivity contribution >= 4 is 50.9 Å². The van der Waals surface area contributed by atoms with E-state index in [0.29, 0.717) is 38.2 Å². The van der Waals surface area contributed by atoms with Gasteiger partial charge in [-0.15, -0.1) is 11.3 Å². The number of carbonyl (C=O) groups is 1. The van der Waals surface area contributed by atoms with Crippen molar-refractivity contribution in [3.8, 4) is 11.5 Å². The van der Waals surface area contributed by atoms with Gasteiger partial charge in [0.25, 0.3) is 5.91 Å². The number of fused-ring (bicyclic) bond motifs is 1. The number of anilines is 2. The van der Waals surface area contributed by atoms with Gasteiger partial charge in [0.05, 0.1) is 17.3 Å². The summed E-state index contributed by atoms with van der Waals surface area (Å²) < 4.78 is 5.51. The van der Waals surface area contributed by atoms with Crippen molar-refractivity contribution in [3.05, 3.63) is 23.3 Å². The summed E-state index contributed by atoms with van der Waals surface area (Å²) in [6.45, 7) is 1.77. The van der Waals surface area contributed by atoms with Gasteiger partial charge in [-0.25, -0.2) is 9.97 Å². The average molecular weight is 361 g/mol. The molecule has 3 aromatic rings. The molecule has 4 N–H and O–H groups in total. The Bertz CT molecular complexity index is 900. The molecule has 0 unspecified atom stereocenters. The van der Waals surface area contributed by atoms with Crippen LogP contribution in [0.1, 0.15) is 9.67 Å². The van der Waals surface area contributed by atoms with Crippen LogP contribution in [-0.2, 0) is 0 Å². The molecule has 124 valence electrons. The second-order valence-corrected chi connectivity index (χ2v) is 7.56. The first-order valence-electron chi connectivity index (χ1n) is 7.41. The van der Waals surface area contributed by atoms with Crippen LogP contribution in [0.2, 0.25) is 0 Å². The molecule has 0 bridgehead atoms. The molecule has 1 aliphatic rings. The van der Waals surface area contributed by atoms with Gasteiger partial charge in [0.15, 0.2) is 5.76 Å². The molecular formula is C15H15N5O2S2. The standard InChI is InChI=1S/C15H15N5O2S2/c16-10-9-11(8-2-1-5-22-8)18-15(20-3-6-23-7-4-20)19-14(9)24-12(10)13(17)21/h1-2,5H,3-4,6-7,16H2,(H2,17,21). The van der Waals surface area contributed by atoms with E-state index in [1.807, 2.05) is 17.8 Å². The van der Waals surface area contributed by atoms with E-state index in [1.54, 1.807) is 12.3 Å². The maximum absolute atomic E-state index is 11.6. The molecule has 0 aliphatic carbocycles. The Morgan fingerprint density at radius 1 is 1.29 bits per heavy atom. The molecule has 4 heterocycles.